The van der Waals surface area contributed by atoms with Gasteiger partial charge in [-0.15, -0.1) is 0 Å². The van der Waals surface area contributed by atoms with Crippen molar-refractivity contribution in [2.45, 2.75) is 52.7 Å². The van der Waals surface area contributed by atoms with Crippen molar-refractivity contribution >= 4 is 12.2 Å². The van der Waals surface area contributed by atoms with Crippen LogP contribution in [0.5, 0.6) is 0 Å². The lowest BCUT2D eigenvalue weighted by atomic mass is 10.2. The lowest BCUT2D eigenvalue weighted by Crippen LogP contribution is -2.34. The molecular weight excluding hydrogens is 434 g/mol. The summed E-state index contributed by atoms with van der Waals surface area (Å²) < 4.78 is 31.9. The van der Waals surface area contributed by atoms with E-state index < -0.39 is 23.4 Å². The average molecular weight is 480 g/mol. The van der Waals surface area contributed by atoms with Gasteiger partial charge in [0.05, 0.1) is 52.9 Å². The van der Waals surface area contributed by atoms with Gasteiger partial charge in [-0.05, 0) is 41.5 Å². The molecular formula is C22H45N3O8. The molecule has 0 rings (SSSR count). The Labute approximate surface area is 198 Å². The van der Waals surface area contributed by atoms with Crippen LogP contribution in [0.4, 0.5) is 9.59 Å². The molecule has 0 aliphatic carbocycles. The van der Waals surface area contributed by atoms with Crippen molar-refractivity contribution in [2.24, 2.45) is 0 Å². The van der Waals surface area contributed by atoms with E-state index in [1.165, 1.54) is 0 Å². The van der Waals surface area contributed by atoms with Gasteiger partial charge in [-0.25, -0.2) is 9.59 Å². The average Bonchev–Trinajstić information content (AvgIpc) is 2.67. The molecule has 0 heterocycles. The van der Waals surface area contributed by atoms with Gasteiger partial charge in [-0.3, -0.25) is 0 Å². The molecule has 33 heavy (non-hydrogen) atoms. The minimum atomic E-state index is -0.503. The number of carbonyl (C=O) groups is 2. The lowest BCUT2D eigenvalue weighted by Gasteiger charge is -2.19. The van der Waals surface area contributed by atoms with E-state index in [2.05, 4.69) is 16.0 Å². The van der Waals surface area contributed by atoms with Crippen LogP contribution in [-0.2, 0) is 28.4 Å². The van der Waals surface area contributed by atoms with Gasteiger partial charge in [0.25, 0.3) is 0 Å². The molecule has 11 heteroatoms. The van der Waals surface area contributed by atoms with E-state index in [4.69, 9.17) is 28.4 Å². The van der Waals surface area contributed by atoms with E-state index in [1.54, 1.807) is 0 Å². The monoisotopic (exact) mass is 479 g/mol. The fraction of sp³-hybridized carbons (Fsp3) is 0.909. The van der Waals surface area contributed by atoms with Crippen LogP contribution in [0, 0.1) is 0 Å². The predicted molar refractivity (Wildman–Crippen MR) is 125 cm³/mol. The van der Waals surface area contributed by atoms with E-state index in [-0.39, 0.29) is 0 Å². The molecule has 0 saturated heterocycles. The first-order valence-corrected chi connectivity index (χ1v) is 11.4. The topological polar surface area (TPSA) is 126 Å². The molecule has 0 saturated carbocycles. The van der Waals surface area contributed by atoms with Crippen molar-refractivity contribution < 1.29 is 38.0 Å². The van der Waals surface area contributed by atoms with Crippen molar-refractivity contribution in [1.82, 2.24) is 16.0 Å². The summed E-state index contributed by atoms with van der Waals surface area (Å²) in [5.41, 5.74) is -1.01. The Bertz CT molecular complexity index is 463. The van der Waals surface area contributed by atoms with Gasteiger partial charge in [0.1, 0.15) is 11.2 Å². The zero-order valence-electron chi connectivity index (χ0n) is 21.3. The number of rotatable bonds is 18. The van der Waals surface area contributed by atoms with E-state index in [9.17, 15) is 9.59 Å². The molecule has 0 aromatic rings. The Morgan fingerprint density at radius 1 is 0.515 bits per heavy atom. The van der Waals surface area contributed by atoms with Gasteiger partial charge < -0.3 is 44.4 Å². The van der Waals surface area contributed by atoms with Crippen LogP contribution in [0.3, 0.4) is 0 Å². The van der Waals surface area contributed by atoms with E-state index >= 15 is 0 Å². The smallest absolute Gasteiger partial charge is 0.407 e. The molecule has 0 bridgehead atoms. The lowest BCUT2D eigenvalue weighted by molar-refractivity contribution is 0.0375. The van der Waals surface area contributed by atoms with E-state index in [0.717, 1.165) is 13.1 Å². The highest BCUT2D eigenvalue weighted by Crippen LogP contribution is 2.06. The van der Waals surface area contributed by atoms with Crippen LogP contribution in [-0.4, -0.2) is 102 Å². The summed E-state index contributed by atoms with van der Waals surface area (Å²) in [7, 11) is 0. The first kappa shape index (κ1) is 31.3. The fourth-order valence-electron chi connectivity index (χ4n) is 2.14. The number of hydrogen-bond donors (Lipinski definition) is 3. The summed E-state index contributed by atoms with van der Waals surface area (Å²) in [6.45, 7) is 17.0. The highest BCUT2D eigenvalue weighted by Gasteiger charge is 2.16. The van der Waals surface area contributed by atoms with Gasteiger partial charge in [-0.2, -0.15) is 0 Å². The normalized spacial score (nSPS) is 11.8. The molecule has 0 aromatic carbocycles. The molecule has 0 spiro atoms. The number of nitrogens with one attached hydrogen (secondary N) is 3. The third kappa shape index (κ3) is 26.5. The molecule has 0 aromatic heterocycles. The number of ether oxygens (including phenoxy) is 6. The summed E-state index contributed by atoms with van der Waals surface area (Å²) in [6.07, 6.45) is -0.893. The summed E-state index contributed by atoms with van der Waals surface area (Å²) >= 11 is 0. The molecule has 2 amide bonds. The molecule has 0 fully saturated rings. The summed E-state index contributed by atoms with van der Waals surface area (Å²) in [5.74, 6) is 0. The first-order valence-electron chi connectivity index (χ1n) is 11.4. The second-order valence-electron chi connectivity index (χ2n) is 9.06. The fourth-order valence-corrected chi connectivity index (χ4v) is 2.14. The second-order valence-corrected chi connectivity index (χ2v) is 9.06. The Morgan fingerprint density at radius 3 is 1.12 bits per heavy atom. The van der Waals surface area contributed by atoms with Crippen LogP contribution in [0.1, 0.15) is 41.5 Å². The molecule has 0 aliphatic heterocycles. The largest absolute Gasteiger partial charge is 0.444 e. The summed E-state index contributed by atoms with van der Waals surface area (Å²) in [5, 5.41) is 8.47. The minimum absolute atomic E-state index is 0.393. The van der Waals surface area contributed by atoms with Gasteiger partial charge >= 0.3 is 12.2 Å². The van der Waals surface area contributed by atoms with E-state index in [0.29, 0.717) is 65.9 Å². The van der Waals surface area contributed by atoms with Crippen LogP contribution in [0.2, 0.25) is 0 Å². The van der Waals surface area contributed by atoms with Gasteiger partial charge in [-0.1, -0.05) is 0 Å². The first-order chi connectivity index (χ1) is 15.5. The molecule has 0 aliphatic rings. The van der Waals surface area contributed by atoms with Crippen molar-refractivity contribution in [1.29, 1.82) is 0 Å². The maximum atomic E-state index is 11.4. The van der Waals surface area contributed by atoms with Gasteiger partial charge in [0.2, 0.25) is 0 Å². The van der Waals surface area contributed by atoms with E-state index in [1.807, 2.05) is 41.5 Å². The molecule has 3 N–H and O–H groups in total. The third-order valence-electron chi connectivity index (χ3n) is 3.42. The number of hydrogen-bond acceptors (Lipinski definition) is 9. The Kier molecular flexibility index (Phi) is 17.8. The van der Waals surface area contributed by atoms with Crippen molar-refractivity contribution in [2.75, 3.05) is 79.0 Å². The third-order valence-corrected chi connectivity index (χ3v) is 3.42. The SMILES string of the molecule is CC(C)(C)OC(=O)NCCOCCOCCNCCOCCOCCNC(=O)OC(C)(C)C. The summed E-state index contributed by atoms with van der Waals surface area (Å²) in [4.78, 5) is 22.9. The van der Waals surface area contributed by atoms with Crippen LogP contribution in [0.25, 0.3) is 0 Å². The number of amides is 2. The van der Waals surface area contributed by atoms with Crippen molar-refractivity contribution in [3.8, 4) is 0 Å². The number of carbonyl (C=O) groups excluding carboxylic acids is 2. The molecule has 11 nitrogen and oxygen atoms in total. The maximum absolute atomic E-state index is 11.4. The minimum Gasteiger partial charge on any atom is -0.444 e. The second kappa shape index (κ2) is 18.7. The Hall–Kier alpha value is -1.66. The Balaban J connectivity index is 3.22. The molecule has 196 valence electrons. The van der Waals surface area contributed by atoms with Crippen LogP contribution in [0.15, 0.2) is 0 Å². The standard InChI is InChI=1S/C22H45N3O8/c1-21(2,3)32-19(26)24-9-13-30-17-15-28-11-7-23-8-12-29-16-18-31-14-10-25-20(27)33-22(4,5)6/h23H,7-18H2,1-6H3,(H,24,26)(H,25,27). The van der Waals surface area contributed by atoms with Crippen molar-refractivity contribution in [3.63, 3.8) is 0 Å². The van der Waals surface area contributed by atoms with Gasteiger partial charge in [0.15, 0.2) is 0 Å². The molecule has 0 unspecified atom stereocenters. The zero-order valence-corrected chi connectivity index (χ0v) is 21.3. The Morgan fingerprint density at radius 2 is 0.818 bits per heavy atom. The zero-order chi connectivity index (χ0) is 25.0. The highest BCUT2D eigenvalue weighted by molar-refractivity contribution is 5.67. The van der Waals surface area contributed by atoms with Crippen LogP contribution >= 0.6 is 0 Å². The van der Waals surface area contributed by atoms with Gasteiger partial charge in [0, 0.05) is 26.2 Å². The molecule has 0 atom stereocenters. The quantitative estimate of drug-likeness (QED) is 0.252. The maximum Gasteiger partial charge on any atom is 0.407 e. The van der Waals surface area contributed by atoms with Crippen LogP contribution < -0.4 is 16.0 Å². The summed E-state index contributed by atoms with van der Waals surface area (Å²) in [6, 6.07) is 0. The van der Waals surface area contributed by atoms with Crippen molar-refractivity contribution in [3.05, 3.63) is 0 Å². The predicted octanol–water partition coefficient (Wildman–Crippen LogP) is 1.69. The molecule has 0 radical (unpaired) electrons. The highest BCUT2D eigenvalue weighted by atomic mass is 16.6. The number of alkyl carbamates (subject to hydrolysis) is 2.